The lowest BCUT2D eigenvalue weighted by molar-refractivity contribution is -0.292. The normalized spacial score (nSPS) is 22.9. The van der Waals surface area contributed by atoms with Crippen LogP contribution >= 0.6 is 0 Å². The van der Waals surface area contributed by atoms with Gasteiger partial charge in [0.05, 0.1) is 25.5 Å². The number of fused-ring (bicyclic) bond motifs is 1. The number of hydrogen-bond acceptors (Lipinski definition) is 12. The number of hydrogen-bond donors (Lipinski definition) is 4. The summed E-state index contributed by atoms with van der Waals surface area (Å²) in [7, 11) is 1.18. The molecule has 2 heterocycles. The number of nitrogens with zero attached hydrogens (tertiary/aromatic N) is 5. The van der Waals surface area contributed by atoms with E-state index in [-0.39, 0.29) is 26.3 Å². The van der Waals surface area contributed by atoms with Crippen molar-refractivity contribution in [1.82, 2.24) is 19.7 Å². The second kappa shape index (κ2) is 14.3. The number of ether oxygens (including phenoxy) is 3. The van der Waals surface area contributed by atoms with Crippen LogP contribution in [0.25, 0.3) is 16.8 Å². The second-order valence-corrected chi connectivity index (χ2v) is 12.0. The molecule has 1 saturated heterocycles. The molecule has 0 unspecified atom stereocenters. The number of sulfonamides is 1. The molecule has 1 fully saturated rings. The van der Waals surface area contributed by atoms with Gasteiger partial charge in [-0.1, -0.05) is 23.4 Å². The van der Waals surface area contributed by atoms with Crippen molar-refractivity contribution in [3.05, 3.63) is 58.8 Å². The topological polar surface area (TPSA) is 192 Å². The molecule has 0 aliphatic carbocycles. The first-order valence-corrected chi connectivity index (χ1v) is 15.0. The van der Waals surface area contributed by atoms with Gasteiger partial charge in [-0.3, -0.25) is 0 Å². The van der Waals surface area contributed by atoms with Crippen LogP contribution in [0.2, 0.25) is 0 Å². The maximum absolute atomic E-state index is 12.7. The molecule has 3 aromatic rings. The highest BCUT2D eigenvalue weighted by molar-refractivity contribution is 7.93. The summed E-state index contributed by atoms with van der Waals surface area (Å²) in [5, 5.41) is 49.6. The number of rotatable bonds is 13. The Balaban J connectivity index is 1.23. The fourth-order valence-electron chi connectivity index (χ4n) is 4.53. The van der Waals surface area contributed by atoms with Crippen molar-refractivity contribution in [3.8, 4) is 6.07 Å². The first-order chi connectivity index (χ1) is 20.5. The first-order valence-electron chi connectivity index (χ1n) is 13.5. The number of methoxy groups -OCH3 is 1. The first kappa shape index (κ1) is 32.5. The summed E-state index contributed by atoms with van der Waals surface area (Å²) in [5.74, 6) is 0. The van der Waals surface area contributed by atoms with E-state index in [9.17, 15) is 29.0 Å². The van der Waals surface area contributed by atoms with Gasteiger partial charge < -0.3 is 34.4 Å². The molecule has 4 N–H and O–H groups in total. The molecule has 0 radical (unpaired) electrons. The third-order valence-electron chi connectivity index (χ3n) is 6.96. The quantitative estimate of drug-likeness (QED) is 0.149. The number of benzene rings is 2. The molecule has 1 aromatic heterocycles. The van der Waals surface area contributed by atoms with Crippen molar-refractivity contribution in [2.45, 2.75) is 43.7 Å². The summed E-state index contributed by atoms with van der Waals surface area (Å²) in [6.07, 6.45) is -2.80. The maximum Gasteiger partial charge on any atom is 0.250 e. The molecule has 2 aromatic carbocycles. The molecule has 5 atom stereocenters. The molecule has 0 spiro atoms. The standard InChI is InChI=1S/C28H36N6O8S/c1-33(2)22-7-6-19-12-18(4-5-20(19)14-22)13-23(15-29)43(38,39)30-9-11-41-10-8-21-16-34(32-31-21)17-24-25(35)26(36)27(37)28(40-3)42-24/h4-7,12-14,16,24-28,30,35-37H,8-11,17H2,1-3H3/b23-13+/t24-,25-,26+,27-,28+/m1/s1. The van der Waals surface area contributed by atoms with Crippen molar-refractivity contribution in [1.29, 1.82) is 5.26 Å². The average molecular weight is 617 g/mol. The highest BCUT2D eigenvalue weighted by atomic mass is 32.2. The van der Waals surface area contributed by atoms with E-state index in [0.717, 1.165) is 16.5 Å². The minimum absolute atomic E-state index is 0.0369. The van der Waals surface area contributed by atoms with Gasteiger partial charge in [0.1, 0.15) is 30.5 Å². The van der Waals surface area contributed by atoms with E-state index in [4.69, 9.17) is 14.2 Å². The van der Waals surface area contributed by atoms with Crippen LogP contribution in [0.1, 0.15) is 11.3 Å². The lowest BCUT2D eigenvalue weighted by Crippen LogP contribution is -2.58. The Labute approximate surface area is 249 Å². The van der Waals surface area contributed by atoms with Crippen LogP contribution in [0.4, 0.5) is 5.69 Å². The zero-order chi connectivity index (χ0) is 31.1. The van der Waals surface area contributed by atoms with Crippen LogP contribution < -0.4 is 9.62 Å². The predicted octanol–water partition coefficient (Wildman–Crippen LogP) is -0.00552. The Morgan fingerprint density at radius 2 is 1.88 bits per heavy atom. The van der Waals surface area contributed by atoms with Crippen molar-refractivity contribution >= 4 is 32.6 Å². The van der Waals surface area contributed by atoms with Crippen molar-refractivity contribution < 1.29 is 37.9 Å². The molecule has 0 saturated carbocycles. The van der Waals surface area contributed by atoms with Crippen molar-refractivity contribution in [3.63, 3.8) is 0 Å². The van der Waals surface area contributed by atoms with E-state index in [1.807, 2.05) is 49.3 Å². The van der Waals surface area contributed by atoms with Crippen LogP contribution in [-0.4, -0.2) is 110 Å². The highest BCUT2D eigenvalue weighted by Gasteiger charge is 2.44. The Morgan fingerprint density at radius 3 is 2.60 bits per heavy atom. The molecule has 4 rings (SSSR count). The van der Waals surface area contributed by atoms with Gasteiger partial charge in [-0.15, -0.1) is 5.10 Å². The Hall–Kier alpha value is -3.46. The monoisotopic (exact) mass is 616 g/mol. The number of aliphatic hydroxyl groups is 3. The fraction of sp³-hybridized carbons (Fsp3) is 0.464. The van der Waals surface area contributed by atoms with E-state index in [1.165, 1.54) is 17.9 Å². The van der Waals surface area contributed by atoms with E-state index >= 15 is 0 Å². The molecule has 0 bridgehead atoms. The number of anilines is 1. The molecule has 15 heteroatoms. The van der Waals surface area contributed by atoms with Gasteiger partial charge in [0.15, 0.2) is 11.2 Å². The smallest absolute Gasteiger partial charge is 0.250 e. The third-order valence-corrected chi connectivity index (χ3v) is 8.33. The zero-order valence-corrected chi connectivity index (χ0v) is 24.9. The Kier molecular flexibility index (Phi) is 10.8. The Bertz CT molecular complexity index is 1570. The second-order valence-electron chi connectivity index (χ2n) is 10.2. The number of allylic oxidation sites excluding steroid dienone is 1. The zero-order valence-electron chi connectivity index (χ0n) is 24.1. The summed E-state index contributed by atoms with van der Waals surface area (Å²) in [6, 6.07) is 13.2. The maximum atomic E-state index is 12.7. The summed E-state index contributed by atoms with van der Waals surface area (Å²) >= 11 is 0. The predicted molar refractivity (Wildman–Crippen MR) is 157 cm³/mol. The van der Waals surface area contributed by atoms with Gasteiger partial charge >= 0.3 is 0 Å². The van der Waals surface area contributed by atoms with E-state index in [0.29, 0.717) is 17.7 Å². The van der Waals surface area contributed by atoms with Gasteiger partial charge in [-0.2, -0.15) is 5.26 Å². The largest absolute Gasteiger partial charge is 0.388 e. The summed E-state index contributed by atoms with van der Waals surface area (Å²) in [6.45, 7) is 0.320. The van der Waals surface area contributed by atoms with Crippen LogP contribution in [0.5, 0.6) is 0 Å². The molecule has 14 nitrogen and oxygen atoms in total. The fourth-order valence-corrected chi connectivity index (χ4v) is 5.45. The van der Waals surface area contributed by atoms with E-state index in [1.54, 1.807) is 18.3 Å². The lowest BCUT2D eigenvalue weighted by atomic mass is 9.99. The molecule has 1 aliphatic rings. The molecule has 0 amide bonds. The van der Waals surface area contributed by atoms with Crippen LogP contribution in [0, 0.1) is 11.3 Å². The van der Waals surface area contributed by atoms with Gasteiger partial charge in [0, 0.05) is 46.1 Å². The molecule has 1 aliphatic heterocycles. The SMILES string of the molecule is CO[C@H]1O[C@H](Cn2cc(CCOCCNS(=O)(=O)/C(C#N)=C/c3ccc4cc(N(C)C)ccc4c3)nn2)[C@@H](O)[C@H](O)[C@H]1O. The van der Waals surface area contributed by atoms with Crippen LogP contribution in [0.3, 0.4) is 0 Å². The van der Waals surface area contributed by atoms with Crippen LogP contribution in [-0.2, 0) is 37.2 Å². The Morgan fingerprint density at radius 1 is 1.14 bits per heavy atom. The van der Waals surface area contributed by atoms with Gasteiger partial charge in [0.2, 0.25) is 0 Å². The van der Waals surface area contributed by atoms with Gasteiger partial charge in [-0.05, 0) is 40.6 Å². The van der Waals surface area contributed by atoms with E-state index in [2.05, 4.69) is 15.0 Å². The summed E-state index contributed by atoms with van der Waals surface area (Å²) in [4.78, 5) is 1.59. The highest BCUT2D eigenvalue weighted by Crippen LogP contribution is 2.24. The summed E-state index contributed by atoms with van der Waals surface area (Å²) in [5.41, 5.74) is 2.22. The molecule has 232 valence electrons. The average Bonchev–Trinajstić information content (AvgIpc) is 3.44. The molecule has 43 heavy (non-hydrogen) atoms. The number of aromatic nitrogens is 3. The number of nitriles is 1. The van der Waals surface area contributed by atoms with Crippen molar-refractivity contribution in [2.24, 2.45) is 0 Å². The number of aliphatic hydroxyl groups excluding tert-OH is 3. The van der Waals surface area contributed by atoms with Gasteiger partial charge in [-0.25, -0.2) is 17.8 Å². The third kappa shape index (κ3) is 8.13. The lowest BCUT2D eigenvalue weighted by Gasteiger charge is -2.39. The van der Waals surface area contributed by atoms with Gasteiger partial charge in [0.25, 0.3) is 10.0 Å². The molecular weight excluding hydrogens is 580 g/mol. The minimum atomic E-state index is -4.05. The van der Waals surface area contributed by atoms with Crippen LogP contribution in [0.15, 0.2) is 47.5 Å². The summed E-state index contributed by atoms with van der Waals surface area (Å²) < 4.78 is 45.3. The van der Waals surface area contributed by atoms with E-state index < -0.39 is 45.6 Å². The minimum Gasteiger partial charge on any atom is -0.388 e. The number of nitrogens with one attached hydrogen (secondary N) is 1. The van der Waals surface area contributed by atoms with Crippen molar-refractivity contribution in [2.75, 3.05) is 45.9 Å². The molecular formula is C28H36N6O8S.